The average molecular weight is 195 g/mol. The molecule has 0 saturated heterocycles. The summed E-state index contributed by atoms with van der Waals surface area (Å²) in [6.45, 7) is 0.322. The van der Waals surface area contributed by atoms with Gasteiger partial charge in [0.25, 0.3) is 0 Å². The average Bonchev–Trinajstić information content (AvgIpc) is 1.63. The molecule has 0 aliphatic carbocycles. The number of hydrogen-bond acceptors (Lipinski definition) is 2. The van der Waals surface area contributed by atoms with Gasteiger partial charge in [-0.2, -0.15) is 13.2 Å². The van der Waals surface area contributed by atoms with Crippen molar-refractivity contribution in [2.24, 2.45) is 5.73 Å². The Labute approximate surface area is 67.9 Å². The lowest BCUT2D eigenvalue weighted by Gasteiger charge is -2.02. The van der Waals surface area contributed by atoms with Crippen LogP contribution in [0.4, 0.5) is 13.2 Å². The maximum absolute atomic E-state index is 11.3. The largest absolute Gasteiger partial charge is 1.00 e. The summed E-state index contributed by atoms with van der Waals surface area (Å²) in [7, 11) is 0. The smallest absolute Gasteiger partial charge is 0.441 e. The van der Waals surface area contributed by atoms with E-state index in [0.717, 1.165) is 0 Å². The van der Waals surface area contributed by atoms with E-state index in [-0.39, 0.29) is 29.9 Å². The predicted octanol–water partition coefficient (Wildman–Crippen LogP) is -1.41. The minimum absolute atomic E-state index is 0. The first-order chi connectivity index (χ1) is 4.06. The molecule has 0 fully saturated rings. The van der Waals surface area contributed by atoms with E-state index in [4.69, 9.17) is 5.73 Å². The summed E-state index contributed by atoms with van der Waals surface area (Å²) in [6.07, 6.45) is 0.421. The van der Waals surface area contributed by atoms with Gasteiger partial charge in [-0.15, -0.1) is 0 Å². The Morgan fingerprint density at radius 3 is 2.10 bits per heavy atom. The highest BCUT2D eigenvalue weighted by atomic mass is 35.5. The number of nitrogens with two attached hydrogens (primary N) is 1. The number of halogens is 4. The van der Waals surface area contributed by atoms with Crippen LogP contribution in [0, 0.1) is 0 Å². The second-order valence-corrected chi connectivity index (χ2v) is 2.60. The molecule has 0 aromatic rings. The SMILES string of the molecule is NCCCSC(F)(F)F.[Cl-]. The number of alkyl halides is 3. The maximum Gasteiger partial charge on any atom is 0.441 e. The van der Waals surface area contributed by atoms with Gasteiger partial charge in [0.05, 0.1) is 0 Å². The van der Waals surface area contributed by atoms with E-state index < -0.39 is 5.51 Å². The summed E-state index contributed by atoms with van der Waals surface area (Å²) in [5.41, 5.74) is 0.889. The molecule has 0 atom stereocenters. The Morgan fingerprint density at radius 2 is 1.80 bits per heavy atom. The van der Waals surface area contributed by atoms with Gasteiger partial charge in [0.2, 0.25) is 0 Å². The fourth-order valence-corrected chi connectivity index (χ4v) is 0.814. The topological polar surface area (TPSA) is 26.0 Å². The van der Waals surface area contributed by atoms with Gasteiger partial charge in [0.1, 0.15) is 0 Å². The minimum atomic E-state index is -4.09. The van der Waals surface area contributed by atoms with E-state index in [1.165, 1.54) is 0 Å². The highest BCUT2D eigenvalue weighted by molar-refractivity contribution is 8.00. The number of thioether (sulfide) groups is 1. The molecule has 2 N–H and O–H groups in total. The van der Waals surface area contributed by atoms with Crippen molar-refractivity contribution in [3.05, 3.63) is 0 Å². The van der Waals surface area contributed by atoms with Crippen molar-refractivity contribution in [2.75, 3.05) is 12.3 Å². The molecule has 0 bridgehead atoms. The maximum atomic E-state index is 11.3. The molecule has 1 nitrogen and oxygen atoms in total. The Morgan fingerprint density at radius 1 is 1.30 bits per heavy atom. The van der Waals surface area contributed by atoms with Gasteiger partial charge in [-0.25, -0.2) is 0 Å². The van der Waals surface area contributed by atoms with E-state index >= 15 is 0 Å². The summed E-state index contributed by atoms with van der Waals surface area (Å²) in [4.78, 5) is 0. The van der Waals surface area contributed by atoms with E-state index in [0.29, 0.717) is 13.0 Å². The molecule has 0 rings (SSSR count). The lowest BCUT2D eigenvalue weighted by Crippen LogP contribution is -3.00. The van der Waals surface area contributed by atoms with Gasteiger partial charge in [0.15, 0.2) is 0 Å². The predicted molar refractivity (Wildman–Crippen MR) is 32.2 cm³/mol. The van der Waals surface area contributed by atoms with Crippen molar-refractivity contribution in [1.29, 1.82) is 0 Å². The molecule has 0 saturated carbocycles. The zero-order chi connectivity index (χ0) is 7.33. The van der Waals surface area contributed by atoms with Crippen molar-refractivity contribution in [3.63, 3.8) is 0 Å². The van der Waals surface area contributed by atoms with Gasteiger partial charge in [-0.1, -0.05) is 11.8 Å². The molecular formula is C4H8ClF3NS-. The van der Waals surface area contributed by atoms with Gasteiger partial charge < -0.3 is 18.1 Å². The molecule has 0 radical (unpaired) electrons. The van der Waals surface area contributed by atoms with Crippen molar-refractivity contribution in [3.8, 4) is 0 Å². The summed E-state index contributed by atoms with van der Waals surface area (Å²) in [6, 6.07) is 0. The molecule has 0 spiro atoms. The second kappa shape index (κ2) is 6.12. The van der Waals surface area contributed by atoms with Crippen LogP contribution in [0.25, 0.3) is 0 Å². The number of hydrogen-bond donors (Lipinski definition) is 1. The van der Waals surface area contributed by atoms with Crippen molar-refractivity contribution < 1.29 is 25.6 Å². The van der Waals surface area contributed by atoms with Crippen LogP contribution in [-0.4, -0.2) is 17.8 Å². The van der Waals surface area contributed by atoms with Crippen LogP contribution in [-0.2, 0) is 0 Å². The van der Waals surface area contributed by atoms with E-state index in [1.54, 1.807) is 0 Å². The first kappa shape index (κ1) is 13.0. The van der Waals surface area contributed by atoms with Crippen LogP contribution in [0.3, 0.4) is 0 Å². The minimum Gasteiger partial charge on any atom is -1.00 e. The summed E-state index contributed by atoms with van der Waals surface area (Å²) in [5.74, 6) is 0.0694. The van der Waals surface area contributed by atoms with E-state index in [1.807, 2.05) is 0 Å². The van der Waals surface area contributed by atoms with Crippen molar-refractivity contribution >= 4 is 11.8 Å². The summed E-state index contributed by atoms with van der Waals surface area (Å²) < 4.78 is 33.9. The van der Waals surface area contributed by atoms with Crippen molar-refractivity contribution in [2.45, 2.75) is 11.9 Å². The van der Waals surface area contributed by atoms with E-state index in [9.17, 15) is 13.2 Å². The Balaban J connectivity index is 0. The van der Waals surface area contributed by atoms with Gasteiger partial charge in [-0.3, -0.25) is 0 Å². The Bertz CT molecular complexity index is 77.4. The third kappa shape index (κ3) is 11.2. The zero-order valence-electron chi connectivity index (χ0n) is 5.12. The van der Waals surface area contributed by atoms with Crippen LogP contribution in [0.5, 0.6) is 0 Å². The molecule has 10 heavy (non-hydrogen) atoms. The first-order valence-corrected chi connectivity index (χ1v) is 3.45. The quantitative estimate of drug-likeness (QED) is 0.559. The highest BCUT2D eigenvalue weighted by Gasteiger charge is 2.26. The van der Waals surface area contributed by atoms with Crippen LogP contribution < -0.4 is 18.1 Å². The van der Waals surface area contributed by atoms with Gasteiger partial charge in [0, 0.05) is 5.75 Å². The van der Waals surface area contributed by atoms with Crippen molar-refractivity contribution in [1.82, 2.24) is 0 Å². The van der Waals surface area contributed by atoms with Gasteiger partial charge in [-0.05, 0) is 13.0 Å². The zero-order valence-corrected chi connectivity index (χ0v) is 6.69. The number of rotatable bonds is 3. The fourth-order valence-electron chi connectivity index (χ4n) is 0.271. The summed E-state index contributed by atoms with van der Waals surface area (Å²) in [5, 5.41) is 0. The molecule has 0 aliphatic heterocycles. The highest BCUT2D eigenvalue weighted by Crippen LogP contribution is 2.30. The van der Waals surface area contributed by atoms with Gasteiger partial charge >= 0.3 is 5.51 Å². The lowest BCUT2D eigenvalue weighted by molar-refractivity contribution is -0.0328. The lowest BCUT2D eigenvalue weighted by atomic mass is 10.5. The van der Waals surface area contributed by atoms with Crippen LogP contribution in [0.1, 0.15) is 6.42 Å². The molecular weight excluding hydrogens is 187 g/mol. The second-order valence-electron chi connectivity index (χ2n) is 1.44. The fraction of sp³-hybridized carbons (Fsp3) is 1.00. The monoisotopic (exact) mass is 194 g/mol. The summed E-state index contributed by atoms with van der Waals surface area (Å²) >= 11 is -0.0219. The third-order valence-corrected chi connectivity index (χ3v) is 1.43. The van der Waals surface area contributed by atoms with Crippen LogP contribution in [0.2, 0.25) is 0 Å². The standard InChI is InChI=1S/C4H8F3NS.ClH/c5-4(6,7)9-3-1-2-8;/h1-3,8H2;1H/p-1. The molecule has 0 aromatic heterocycles. The Hall–Kier alpha value is 0.390. The molecule has 0 aromatic carbocycles. The van der Waals surface area contributed by atoms with E-state index in [2.05, 4.69) is 0 Å². The van der Waals surface area contributed by atoms with Crippen LogP contribution >= 0.6 is 11.8 Å². The molecule has 0 amide bonds. The Kier molecular flexibility index (Phi) is 7.97. The normalized spacial score (nSPS) is 10.8. The third-order valence-electron chi connectivity index (χ3n) is 0.614. The molecule has 0 aliphatic rings. The van der Waals surface area contributed by atoms with Crippen LogP contribution in [0.15, 0.2) is 0 Å². The molecule has 0 unspecified atom stereocenters. The molecule has 0 heterocycles. The molecule has 64 valence electrons. The molecule has 6 heteroatoms. The first-order valence-electron chi connectivity index (χ1n) is 2.47.